The minimum Gasteiger partial charge on any atom is -0.480 e. The second kappa shape index (κ2) is 6.74. The molecule has 9 heteroatoms. The van der Waals surface area contributed by atoms with Crippen molar-refractivity contribution in [2.45, 2.75) is 17.6 Å². The Morgan fingerprint density at radius 3 is 2.67 bits per heavy atom. The topological polar surface area (TPSA) is 77.9 Å². The van der Waals surface area contributed by atoms with E-state index in [-0.39, 0.29) is 6.54 Å². The van der Waals surface area contributed by atoms with Crippen molar-refractivity contribution in [3.63, 3.8) is 0 Å². The molecule has 0 radical (unpaired) electrons. The predicted octanol–water partition coefficient (Wildman–Crippen LogP) is 1.60. The van der Waals surface area contributed by atoms with Gasteiger partial charge in [-0.05, 0) is 40.9 Å². The first kappa shape index (κ1) is 16.9. The fourth-order valence-corrected chi connectivity index (χ4v) is 6.07. The van der Waals surface area contributed by atoms with Crippen molar-refractivity contribution in [2.75, 3.05) is 32.7 Å². The molecule has 0 amide bonds. The van der Waals surface area contributed by atoms with E-state index in [2.05, 4.69) is 15.9 Å². The number of hydrogen-bond acceptors (Lipinski definition) is 5. The molecule has 0 spiro atoms. The fourth-order valence-electron chi connectivity index (χ4n) is 2.22. The molecule has 0 aliphatic carbocycles. The first-order valence-electron chi connectivity index (χ1n) is 6.51. The van der Waals surface area contributed by atoms with Crippen LogP contribution in [-0.4, -0.2) is 61.4 Å². The van der Waals surface area contributed by atoms with Crippen LogP contribution in [0.5, 0.6) is 0 Å². The minimum atomic E-state index is -3.49. The molecule has 1 fully saturated rings. The lowest BCUT2D eigenvalue weighted by Crippen LogP contribution is -2.36. The Morgan fingerprint density at radius 2 is 2.10 bits per heavy atom. The zero-order valence-corrected chi connectivity index (χ0v) is 14.8. The van der Waals surface area contributed by atoms with E-state index in [1.807, 2.05) is 6.92 Å². The number of carboxylic acid groups (broad SMARTS) is 1. The molecule has 6 nitrogen and oxygen atoms in total. The number of aliphatic carboxylic acids is 1. The second-order valence-corrected chi connectivity index (χ2v) is 9.48. The van der Waals surface area contributed by atoms with Crippen molar-refractivity contribution >= 4 is 43.3 Å². The van der Waals surface area contributed by atoms with Gasteiger partial charge in [0.2, 0.25) is 0 Å². The highest BCUT2D eigenvalue weighted by Gasteiger charge is 2.29. The Labute approximate surface area is 136 Å². The highest BCUT2D eigenvalue weighted by molar-refractivity contribution is 9.11. The Balaban J connectivity index is 2.12. The zero-order chi connectivity index (χ0) is 15.6. The lowest BCUT2D eigenvalue weighted by atomic mass is 10.4. The van der Waals surface area contributed by atoms with Crippen molar-refractivity contribution in [1.82, 2.24) is 9.21 Å². The lowest BCUT2D eigenvalue weighted by Gasteiger charge is -2.19. The molecule has 1 aliphatic heterocycles. The number of aryl methyl sites for hydroxylation is 1. The maximum Gasteiger partial charge on any atom is 0.317 e. The highest BCUT2D eigenvalue weighted by Crippen LogP contribution is 2.32. The van der Waals surface area contributed by atoms with Crippen LogP contribution in [0, 0.1) is 6.92 Å². The maximum absolute atomic E-state index is 12.6. The second-order valence-electron chi connectivity index (χ2n) is 4.95. The summed E-state index contributed by atoms with van der Waals surface area (Å²) in [4.78, 5) is 12.5. The van der Waals surface area contributed by atoms with Gasteiger partial charge in [-0.25, -0.2) is 8.42 Å². The van der Waals surface area contributed by atoms with E-state index in [4.69, 9.17) is 5.11 Å². The van der Waals surface area contributed by atoms with Gasteiger partial charge in [-0.2, -0.15) is 4.31 Å². The lowest BCUT2D eigenvalue weighted by molar-refractivity contribution is -0.138. The fraction of sp³-hybridized carbons (Fsp3) is 0.583. The molecular formula is C12H17BrN2O4S2. The predicted molar refractivity (Wildman–Crippen MR) is 84.2 cm³/mol. The molecule has 0 saturated carbocycles. The Bertz CT molecular complexity index is 610. The molecule has 1 aromatic heterocycles. The van der Waals surface area contributed by atoms with E-state index in [1.165, 1.54) is 15.6 Å². The van der Waals surface area contributed by atoms with Crippen molar-refractivity contribution in [3.8, 4) is 0 Å². The van der Waals surface area contributed by atoms with E-state index in [0.717, 1.165) is 9.35 Å². The van der Waals surface area contributed by atoms with Crippen LogP contribution in [0.2, 0.25) is 0 Å². The quantitative estimate of drug-likeness (QED) is 0.835. The van der Waals surface area contributed by atoms with Gasteiger partial charge in [0.15, 0.2) is 0 Å². The van der Waals surface area contributed by atoms with E-state index in [9.17, 15) is 13.2 Å². The van der Waals surface area contributed by atoms with Crippen LogP contribution in [0.15, 0.2) is 14.1 Å². The number of rotatable bonds is 4. The van der Waals surface area contributed by atoms with E-state index in [1.54, 1.807) is 11.0 Å². The van der Waals surface area contributed by atoms with Gasteiger partial charge in [-0.15, -0.1) is 11.3 Å². The number of carboxylic acids is 1. The summed E-state index contributed by atoms with van der Waals surface area (Å²) in [6, 6.07) is 1.67. The highest BCUT2D eigenvalue weighted by atomic mass is 79.9. The summed E-state index contributed by atoms with van der Waals surface area (Å²) >= 11 is 4.56. The smallest absolute Gasteiger partial charge is 0.317 e. The van der Waals surface area contributed by atoms with Crippen LogP contribution in [0.1, 0.15) is 12.0 Å². The van der Waals surface area contributed by atoms with Gasteiger partial charge in [0.25, 0.3) is 10.0 Å². The van der Waals surface area contributed by atoms with Gasteiger partial charge in [0, 0.05) is 26.2 Å². The molecule has 0 unspecified atom stereocenters. The molecule has 0 bridgehead atoms. The van der Waals surface area contributed by atoms with E-state index in [0.29, 0.717) is 36.8 Å². The summed E-state index contributed by atoms with van der Waals surface area (Å²) in [6.45, 7) is 3.61. The van der Waals surface area contributed by atoms with Crippen LogP contribution < -0.4 is 0 Å². The molecule has 0 aromatic carbocycles. The third-order valence-electron chi connectivity index (χ3n) is 3.34. The summed E-state index contributed by atoms with van der Waals surface area (Å²) in [5.41, 5.74) is 0.904. The minimum absolute atomic E-state index is 0.0441. The molecule has 2 heterocycles. The van der Waals surface area contributed by atoms with Crippen LogP contribution in [-0.2, 0) is 14.8 Å². The molecule has 118 valence electrons. The van der Waals surface area contributed by atoms with Gasteiger partial charge < -0.3 is 5.11 Å². The number of thiophene rings is 1. The number of hydrogen-bond donors (Lipinski definition) is 1. The number of nitrogens with zero attached hydrogens (tertiary/aromatic N) is 2. The summed E-state index contributed by atoms with van der Waals surface area (Å²) in [5, 5.41) is 8.82. The SMILES string of the molecule is Cc1cc(S(=O)(=O)N2CCCN(CC(=O)O)CC2)sc1Br. The molecule has 1 N–H and O–H groups in total. The summed E-state index contributed by atoms with van der Waals surface area (Å²) in [7, 11) is -3.49. The number of carbonyl (C=O) groups is 1. The Morgan fingerprint density at radius 1 is 1.38 bits per heavy atom. The maximum atomic E-state index is 12.6. The standard InChI is InChI=1S/C12H17BrN2O4S2/c1-9-7-11(20-12(9)13)21(18,19)15-4-2-3-14(5-6-15)8-10(16)17/h7H,2-6,8H2,1H3,(H,16,17). The molecule has 0 atom stereocenters. The van der Waals surface area contributed by atoms with Crippen LogP contribution in [0.4, 0.5) is 0 Å². The van der Waals surface area contributed by atoms with Crippen molar-refractivity contribution in [3.05, 3.63) is 15.4 Å². The van der Waals surface area contributed by atoms with Crippen LogP contribution in [0.25, 0.3) is 0 Å². The first-order valence-corrected chi connectivity index (χ1v) is 9.56. The van der Waals surface area contributed by atoms with Crippen molar-refractivity contribution in [2.24, 2.45) is 0 Å². The molecule has 2 rings (SSSR count). The number of sulfonamides is 1. The van der Waals surface area contributed by atoms with Gasteiger partial charge in [-0.1, -0.05) is 0 Å². The Kier molecular flexibility index (Phi) is 5.42. The van der Waals surface area contributed by atoms with Crippen molar-refractivity contribution < 1.29 is 18.3 Å². The molecule has 1 aromatic rings. The van der Waals surface area contributed by atoms with Gasteiger partial charge in [0.1, 0.15) is 4.21 Å². The van der Waals surface area contributed by atoms with Gasteiger partial charge >= 0.3 is 5.97 Å². The largest absolute Gasteiger partial charge is 0.480 e. The average Bonchev–Trinajstić information content (AvgIpc) is 2.62. The third kappa shape index (κ3) is 4.04. The Hall–Kier alpha value is -0.480. The molecule has 21 heavy (non-hydrogen) atoms. The molecule has 1 aliphatic rings. The first-order chi connectivity index (χ1) is 9.80. The van der Waals surface area contributed by atoms with Crippen LogP contribution in [0.3, 0.4) is 0 Å². The zero-order valence-electron chi connectivity index (χ0n) is 11.6. The normalized spacial score (nSPS) is 18.6. The van der Waals surface area contributed by atoms with Crippen LogP contribution >= 0.6 is 27.3 Å². The monoisotopic (exact) mass is 396 g/mol. The van der Waals surface area contributed by atoms with E-state index < -0.39 is 16.0 Å². The summed E-state index contributed by atoms with van der Waals surface area (Å²) in [5.74, 6) is -0.885. The summed E-state index contributed by atoms with van der Waals surface area (Å²) in [6.07, 6.45) is 0.637. The van der Waals surface area contributed by atoms with E-state index >= 15 is 0 Å². The summed E-state index contributed by atoms with van der Waals surface area (Å²) < 4.78 is 27.8. The average molecular weight is 397 g/mol. The third-order valence-corrected chi connectivity index (χ3v) is 7.82. The molecular weight excluding hydrogens is 380 g/mol. The molecule has 1 saturated heterocycles. The number of halogens is 1. The van der Waals surface area contributed by atoms with Gasteiger partial charge in [0.05, 0.1) is 10.3 Å². The van der Waals surface area contributed by atoms with Gasteiger partial charge in [-0.3, -0.25) is 9.69 Å². The van der Waals surface area contributed by atoms with Crippen molar-refractivity contribution in [1.29, 1.82) is 0 Å².